The lowest BCUT2D eigenvalue weighted by atomic mass is 10.3. The Bertz CT molecular complexity index is 420. The van der Waals surface area contributed by atoms with Crippen molar-refractivity contribution in [3.63, 3.8) is 0 Å². The van der Waals surface area contributed by atoms with Gasteiger partial charge in [-0.15, -0.1) is 6.58 Å². The minimum absolute atomic E-state index is 0.235. The summed E-state index contributed by atoms with van der Waals surface area (Å²) < 4.78 is 10.5. The van der Waals surface area contributed by atoms with Gasteiger partial charge >= 0.3 is 5.97 Å². The lowest BCUT2D eigenvalue weighted by molar-refractivity contribution is -0.144. The predicted molar refractivity (Wildman–Crippen MR) is 80.2 cm³/mol. The van der Waals surface area contributed by atoms with Crippen molar-refractivity contribution >= 4 is 17.6 Å². The maximum atomic E-state index is 11.4. The predicted octanol–water partition coefficient (Wildman–Crippen LogP) is 2.77. The third kappa shape index (κ3) is 6.59. The number of hydrogen-bond acceptors (Lipinski definition) is 4. The maximum absolute atomic E-state index is 11.4. The summed E-state index contributed by atoms with van der Waals surface area (Å²) >= 11 is 5.80. The zero-order valence-electron chi connectivity index (χ0n) is 11.7. The Morgan fingerprint density at radius 3 is 2.70 bits per heavy atom. The van der Waals surface area contributed by atoms with E-state index in [1.807, 2.05) is 17.0 Å². The number of halogens is 1. The summed E-state index contributed by atoms with van der Waals surface area (Å²) in [7, 11) is 0. The van der Waals surface area contributed by atoms with Gasteiger partial charge in [0, 0.05) is 18.1 Å². The standard InChI is InChI=1S/C15H20ClNO3/c1-3-9-17(12-15(18)19-4-2)10-11-20-14-7-5-13(16)6-8-14/h3,5-8H,1,4,9-12H2,2H3. The molecule has 0 aliphatic carbocycles. The van der Waals surface area contributed by atoms with Gasteiger partial charge in [-0.2, -0.15) is 0 Å². The van der Waals surface area contributed by atoms with Gasteiger partial charge < -0.3 is 9.47 Å². The molecule has 0 saturated heterocycles. The average Bonchev–Trinajstić information content (AvgIpc) is 2.41. The van der Waals surface area contributed by atoms with E-state index in [0.29, 0.717) is 31.3 Å². The van der Waals surface area contributed by atoms with Crippen LogP contribution in [0.4, 0.5) is 0 Å². The molecule has 1 aromatic carbocycles. The van der Waals surface area contributed by atoms with Crippen molar-refractivity contribution in [3.05, 3.63) is 41.9 Å². The van der Waals surface area contributed by atoms with Gasteiger partial charge in [0.15, 0.2) is 0 Å². The van der Waals surface area contributed by atoms with Gasteiger partial charge in [-0.05, 0) is 31.2 Å². The van der Waals surface area contributed by atoms with Crippen LogP contribution in [-0.2, 0) is 9.53 Å². The number of esters is 1. The highest BCUT2D eigenvalue weighted by Gasteiger charge is 2.10. The highest BCUT2D eigenvalue weighted by atomic mass is 35.5. The summed E-state index contributed by atoms with van der Waals surface area (Å²) in [6.45, 7) is 7.82. The van der Waals surface area contributed by atoms with Gasteiger partial charge in [0.2, 0.25) is 0 Å². The molecule has 0 spiro atoms. The van der Waals surface area contributed by atoms with Crippen molar-refractivity contribution in [1.29, 1.82) is 0 Å². The number of carbonyl (C=O) groups excluding carboxylic acids is 1. The van der Waals surface area contributed by atoms with Crippen molar-refractivity contribution in [2.45, 2.75) is 6.92 Å². The quantitative estimate of drug-likeness (QED) is 0.519. The fraction of sp³-hybridized carbons (Fsp3) is 0.400. The number of ether oxygens (including phenoxy) is 2. The van der Waals surface area contributed by atoms with Crippen molar-refractivity contribution in [2.24, 2.45) is 0 Å². The molecule has 0 aromatic heterocycles. The van der Waals surface area contributed by atoms with Crippen LogP contribution in [0.25, 0.3) is 0 Å². The van der Waals surface area contributed by atoms with E-state index in [4.69, 9.17) is 21.1 Å². The van der Waals surface area contributed by atoms with E-state index >= 15 is 0 Å². The van der Waals surface area contributed by atoms with Crippen LogP contribution in [0, 0.1) is 0 Å². The van der Waals surface area contributed by atoms with E-state index in [2.05, 4.69) is 6.58 Å². The van der Waals surface area contributed by atoms with E-state index in [9.17, 15) is 4.79 Å². The SMILES string of the molecule is C=CCN(CCOc1ccc(Cl)cc1)CC(=O)OCC. The zero-order chi connectivity index (χ0) is 14.8. The lowest BCUT2D eigenvalue weighted by Gasteiger charge is -2.19. The van der Waals surface area contributed by atoms with E-state index in [0.717, 1.165) is 5.75 Å². The van der Waals surface area contributed by atoms with E-state index in [1.54, 1.807) is 25.1 Å². The van der Waals surface area contributed by atoms with E-state index in [-0.39, 0.29) is 12.5 Å². The minimum atomic E-state index is -0.235. The van der Waals surface area contributed by atoms with Gasteiger partial charge in [-0.25, -0.2) is 0 Å². The number of nitrogens with zero attached hydrogens (tertiary/aromatic N) is 1. The molecule has 0 saturated carbocycles. The molecule has 1 rings (SSSR count). The van der Waals surface area contributed by atoms with Gasteiger partial charge in [-0.1, -0.05) is 17.7 Å². The fourth-order valence-electron chi connectivity index (χ4n) is 1.63. The molecule has 0 fully saturated rings. The first-order chi connectivity index (χ1) is 9.65. The summed E-state index contributed by atoms with van der Waals surface area (Å²) in [5.74, 6) is 0.518. The maximum Gasteiger partial charge on any atom is 0.320 e. The Hall–Kier alpha value is -1.52. The second kappa shape index (κ2) is 9.39. The summed E-state index contributed by atoms with van der Waals surface area (Å²) in [4.78, 5) is 13.4. The highest BCUT2D eigenvalue weighted by Crippen LogP contribution is 2.15. The smallest absolute Gasteiger partial charge is 0.320 e. The first kappa shape index (κ1) is 16.5. The number of rotatable bonds is 9. The molecular formula is C15H20ClNO3. The Morgan fingerprint density at radius 2 is 2.10 bits per heavy atom. The van der Waals surface area contributed by atoms with Gasteiger partial charge in [-0.3, -0.25) is 9.69 Å². The van der Waals surface area contributed by atoms with Crippen LogP contribution in [-0.4, -0.2) is 43.7 Å². The molecule has 0 unspecified atom stereocenters. The minimum Gasteiger partial charge on any atom is -0.492 e. The Morgan fingerprint density at radius 1 is 1.40 bits per heavy atom. The molecule has 0 aliphatic rings. The van der Waals surface area contributed by atoms with Crippen LogP contribution in [0.3, 0.4) is 0 Å². The monoisotopic (exact) mass is 297 g/mol. The first-order valence-corrected chi connectivity index (χ1v) is 6.90. The zero-order valence-corrected chi connectivity index (χ0v) is 12.4. The number of benzene rings is 1. The van der Waals surface area contributed by atoms with Crippen molar-refractivity contribution < 1.29 is 14.3 Å². The van der Waals surface area contributed by atoms with Crippen LogP contribution in [0.1, 0.15) is 6.92 Å². The Labute approximate surface area is 124 Å². The molecule has 0 amide bonds. The molecule has 0 radical (unpaired) electrons. The molecule has 0 N–H and O–H groups in total. The summed E-state index contributed by atoms with van der Waals surface area (Å²) in [6, 6.07) is 7.17. The Balaban J connectivity index is 2.36. The van der Waals surface area contributed by atoms with Crippen LogP contribution >= 0.6 is 11.6 Å². The van der Waals surface area contributed by atoms with Crippen molar-refractivity contribution in [3.8, 4) is 5.75 Å². The van der Waals surface area contributed by atoms with Crippen LogP contribution in [0.5, 0.6) is 5.75 Å². The normalized spacial score (nSPS) is 10.3. The van der Waals surface area contributed by atoms with Crippen molar-refractivity contribution in [1.82, 2.24) is 4.90 Å². The molecule has 0 bridgehead atoms. The third-order valence-corrected chi connectivity index (χ3v) is 2.79. The largest absolute Gasteiger partial charge is 0.492 e. The average molecular weight is 298 g/mol. The van der Waals surface area contributed by atoms with Gasteiger partial charge in [0.1, 0.15) is 12.4 Å². The molecular weight excluding hydrogens is 278 g/mol. The van der Waals surface area contributed by atoms with Crippen molar-refractivity contribution in [2.75, 3.05) is 32.8 Å². The van der Waals surface area contributed by atoms with E-state index in [1.165, 1.54) is 0 Å². The molecule has 5 heteroatoms. The molecule has 110 valence electrons. The Kier molecular flexibility index (Phi) is 7.77. The lowest BCUT2D eigenvalue weighted by Crippen LogP contribution is -2.34. The fourth-order valence-corrected chi connectivity index (χ4v) is 1.76. The topological polar surface area (TPSA) is 38.8 Å². The summed E-state index contributed by atoms with van der Waals surface area (Å²) in [5, 5.41) is 0.674. The second-order valence-electron chi connectivity index (χ2n) is 4.13. The number of hydrogen-bond donors (Lipinski definition) is 0. The van der Waals surface area contributed by atoms with Crippen LogP contribution in [0.2, 0.25) is 5.02 Å². The molecule has 20 heavy (non-hydrogen) atoms. The first-order valence-electron chi connectivity index (χ1n) is 6.53. The van der Waals surface area contributed by atoms with Gasteiger partial charge in [0.25, 0.3) is 0 Å². The van der Waals surface area contributed by atoms with Crippen LogP contribution in [0.15, 0.2) is 36.9 Å². The second-order valence-corrected chi connectivity index (χ2v) is 4.57. The number of carbonyl (C=O) groups is 1. The summed E-state index contributed by atoms with van der Waals surface area (Å²) in [5.41, 5.74) is 0. The molecule has 1 aromatic rings. The summed E-state index contributed by atoms with van der Waals surface area (Å²) in [6.07, 6.45) is 1.75. The molecule has 4 nitrogen and oxygen atoms in total. The molecule has 0 aliphatic heterocycles. The van der Waals surface area contributed by atoms with Gasteiger partial charge in [0.05, 0.1) is 13.2 Å². The van der Waals surface area contributed by atoms with E-state index < -0.39 is 0 Å². The highest BCUT2D eigenvalue weighted by molar-refractivity contribution is 6.30. The third-order valence-electron chi connectivity index (χ3n) is 2.54. The molecule has 0 atom stereocenters. The molecule has 0 heterocycles. The van der Waals surface area contributed by atoms with Crippen LogP contribution < -0.4 is 4.74 Å².